The van der Waals surface area contributed by atoms with E-state index in [9.17, 15) is 0 Å². The summed E-state index contributed by atoms with van der Waals surface area (Å²) in [5.41, 5.74) is 8.87. The van der Waals surface area contributed by atoms with Gasteiger partial charge in [-0.2, -0.15) is 0 Å². The fourth-order valence-electron chi connectivity index (χ4n) is 2.97. The molecule has 4 nitrogen and oxygen atoms in total. The molecule has 0 aliphatic carbocycles. The van der Waals surface area contributed by atoms with Crippen LogP contribution in [0.1, 0.15) is 29.8 Å². The van der Waals surface area contributed by atoms with Gasteiger partial charge in [0.15, 0.2) is 0 Å². The molecule has 112 valence electrons. The number of hydrazine groups is 1. The first-order valence-electron chi connectivity index (χ1n) is 7.47. The molecule has 4 rings (SSSR count). The summed E-state index contributed by atoms with van der Waals surface area (Å²) in [6, 6.07) is 18.8. The van der Waals surface area contributed by atoms with Crippen molar-refractivity contribution in [1.82, 2.24) is 10.9 Å². The van der Waals surface area contributed by atoms with Crippen molar-refractivity contribution in [3.63, 3.8) is 0 Å². The average Bonchev–Trinajstić information content (AvgIpc) is 3.21. The topological polar surface area (TPSA) is 46.4 Å². The molecule has 1 aliphatic rings. The zero-order chi connectivity index (χ0) is 14.9. The van der Waals surface area contributed by atoms with Crippen LogP contribution in [0.5, 0.6) is 5.75 Å². The second kappa shape index (κ2) is 5.48. The Morgan fingerprint density at radius 2 is 1.77 bits per heavy atom. The van der Waals surface area contributed by atoms with Crippen molar-refractivity contribution in [2.75, 3.05) is 7.11 Å². The van der Waals surface area contributed by atoms with Crippen LogP contribution in [-0.4, -0.2) is 7.11 Å². The van der Waals surface area contributed by atoms with Crippen molar-refractivity contribution >= 4 is 11.0 Å². The van der Waals surface area contributed by atoms with E-state index < -0.39 is 0 Å². The highest BCUT2D eigenvalue weighted by molar-refractivity contribution is 5.77. The summed E-state index contributed by atoms with van der Waals surface area (Å²) in [7, 11) is 1.68. The summed E-state index contributed by atoms with van der Waals surface area (Å²) < 4.78 is 11.2. The Kier molecular flexibility index (Phi) is 3.33. The number of furan rings is 1. The van der Waals surface area contributed by atoms with Crippen LogP contribution in [0, 0.1) is 0 Å². The van der Waals surface area contributed by atoms with Gasteiger partial charge in [-0.15, -0.1) is 0 Å². The van der Waals surface area contributed by atoms with E-state index >= 15 is 0 Å². The monoisotopic (exact) mass is 294 g/mol. The van der Waals surface area contributed by atoms with Crippen LogP contribution in [0.4, 0.5) is 0 Å². The largest absolute Gasteiger partial charge is 0.497 e. The number of methoxy groups -OCH3 is 1. The standard InChI is InChI=1S/C18H18N2O2/c1-21-14-8-6-12(7-9-14)15-11-16(20-19-15)18-10-13-4-2-3-5-17(13)22-18/h2-10,15-16,19-20H,11H2,1H3. The fraction of sp³-hybridized carbons (Fsp3) is 0.222. The predicted molar refractivity (Wildman–Crippen MR) is 85.6 cm³/mol. The highest BCUT2D eigenvalue weighted by atomic mass is 16.5. The van der Waals surface area contributed by atoms with Gasteiger partial charge in [0, 0.05) is 11.4 Å². The van der Waals surface area contributed by atoms with Crippen LogP contribution in [0.2, 0.25) is 0 Å². The Labute approximate surface area is 129 Å². The molecular formula is C18H18N2O2. The molecule has 22 heavy (non-hydrogen) atoms. The molecule has 0 bridgehead atoms. The van der Waals surface area contributed by atoms with Crippen LogP contribution in [0.3, 0.4) is 0 Å². The van der Waals surface area contributed by atoms with E-state index in [4.69, 9.17) is 9.15 Å². The second-order valence-corrected chi connectivity index (χ2v) is 5.59. The molecule has 2 heterocycles. The summed E-state index contributed by atoms with van der Waals surface area (Å²) in [4.78, 5) is 0. The van der Waals surface area contributed by atoms with E-state index in [1.807, 2.05) is 30.3 Å². The molecule has 0 radical (unpaired) electrons. The second-order valence-electron chi connectivity index (χ2n) is 5.59. The first-order chi connectivity index (χ1) is 10.8. The lowest BCUT2D eigenvalue weighted by Crippen LogP contribution is -2.26. The summed E-state index contributed by atoms with van der Waals surface area (Å²) in [5, 5.41) is 1.15. The lowest BCUT2D eigenvalue weighted by Gasteiger charge is -2.10. The third kappa shape index (κ3) is 2.36. The molecule has 1 saturated heterocycles. The number of benzene rings is 2. The molecule has 2 unspecified atom stereocenters. The van der Waals surface area contributed by atoms with E-state index in [2.05, 4.69) is 35.1 Å². The molecule has 0 saturated carbocycles. The Hall–Kier alpha value is -2.30. The van der Waals surface area contributed by atoms with E-state index in [0.717, 1.165) is 28.9 Å². The number of nitrogens with one attached hydrogen (secondary N) is 2. The fourth-order valence-corrected chi connectivity index (χ4v) is 2.97. The van der Waals surface area contributed by atoms with Crippen molar-refractivity contribution in [3.05, 3.63) is 65.9 Å². The Morgan fingerprint density at radius 1 is 1.00 bits per heavy atom. The number of para-hydroxylation sites is 1. The molecule has 1 fully saturated rings. The molecular weight excluding hydrogens is 276 g/mol. The van der Waals surface area contributed by atoms with Crippen LogP contribution in [0.15, 0.2) is 59.0 Å². The number of hydrogen-bond donors (Lipinski definition) is 2. The summed E-state index contributed by atoms with van der Waals surface area (Å²) in [6.45, 7) is 0. The number of rotatable bonds is 3. The third-order valence-corrected chi connectivity index (χ3v) is 4.21. The SMILES string of the molecule is COc1ccc(C2CC(c3cc4ccccc4o3)NN2)cc1. The Balaban J connectivity index is 1.53. The first kappa shape index (κ1) is 13.4. The molecule has 0 amide bonds. The van der Waals surface area contributed by atoms with Crippen molar-refractivity contribution < 1.29 is 9.15 Å². The van der Waals surface area contributed by atoms with E-state index in [1.165, 1.54) is 5.56 Å². The minimum atomic E-state index is 0.180. The third-order valence-electron chi connectivity index (χ3n) is 4.21. The molecule has 3 aromatic rings. The average molecular weight is 294 g/mol. The van der Waals surface area contributed by atoms with Crippen molar-refractivity contribution in [2.24, 2.45) is 0 Å². The van der Waals surface area contributed by atoms with Crippen LogP contribution in [-0.2, 0) is 0 Å². The minimum Gasteiger partial charge on any atom is -0.497 e. The van der Waals surface area contributed by atoms with Gasteiger partial charge in [-0.05, 0) is 36.2 Å². The van der Waals surface area contributed by atoms with E-state index in [-0.39, 0.29) is 12.1 Å². The van der Waals surface area contributed by atoms with Gasteiger partial charge in [0.05, 0.1) is 13.2 Å². The quantitative estimate of drug-likeness (QED) is 0.773. The Bertz CT molecular complexity index is 746. The summed E-state index contributed by atoms with van der Waals surface area (Å²) in [5.74, 6) is 1.85. The van der Waals surface area contributed by atoms with Crippen LogP contribution < -0.4 is 15.6 Å². The van der Waals surface area contributed by atoms with Gasteiger partial charge in [0.2, 0.25) is 0 Å². The highest BCUT2D eigenvalue weighted by Crippen LogP contribution is 2.33. The molecule has 1 aromatic heterocycles. The predicted octanol–water partition coefficient (Wildman–Crippen LogP) is 3.72. The van der Waals surface area contributed by atoms with Crippen LogP contribution >= 0.6 is 0 Å². The zero-order valence-electron chi connectivity index (χ0n) is 12.4. The minimum absolute atomic E-state index is 0.180. The van der Waals surface area contributed by atoms with Crippen molar-refractivity contribution in [1.29, 1.82) is 0 Å². The number of fused-ring (bicyclic) bond motifs is 1. The van der Waals surface area contributed by atoms with Crippen LogP contribution in [0.25, 0.3) is 11.0 Å². The molecule has 0 spiro atoms. The Morgan fingerprint density at radius 3 is 2.55 bits per heavy atom. The molecule has 2 N–H and O–H groups in total. The highest BCUT2D eigenvalue weighted by Gasteiger charge is 2.28. The normalized spacial score (nSPS) is 21.3. The summed E-state index contributed by atoms with van der Waals surface area (Å²) >= 11 is 0. The lowest BCUT2D eigenvalue weighted by molar-refractivity contribution is 0.414. The van der Waals surface area contributed by atoms with E-state index in [1.54, 1.807) is 7.11 Å². The summed E-state index contributed by atoms with van der Waals surface area (Å²) in [6.07, 6.45) is 0.951. The molecule has 2 atom stereocenters. The zero-order valence-corrected chi connectivity index (χ0v) is 12.4. The van der Waals surface area contributed by atoms with Crippen molar-refractivity contribution in [2.45, 2.75) is 18.5 Å². The maximum absolute atomic E-state index is 5.95. The van der Waals surface area contributed by atoms with Crippen molar-refractivity contribution in [3.8, 4) is 5.75 Å². The number of hydrogen-bond acceptors (Lipinski definition) is 4. The van der Waals surface area contributed by atoms with Gasteiger partial charge in [-0.3, -0.25) is 0 Å². The molecule has 1 aliphatic heterocycles. The van der Waals surface area contributed by atoms with Gasteiger partial charge >= 0.3 is 0 Å². The lowest BCUT2D eigenvalue weighted by atomic mass is 10.0. The van der Waals surface area contributed by atoms with Gasteiger partial charge in [0.1, 0.15) is 17.1 Å². The smallest absolute Gasteiger partial charge is 0.134 e. The van der Waals surface area contributed by atoms with E-state index in [0.29, 0.717) is 0 Å². The molecule has 4 heteroatoms. The number of ether oxygens (including phenoxy) is 1. The first-order valence-corrected chi connectivity index (χ1v) is 7.47. The molecule has 2 aromatic carbocycles. The van der Waals surface area contributed by atoms with Gasteiger partial charge in [-0.1, -0.05) is 30.3 Å². The van der Waals surface area contributed by atoms with Gasteiger partial charge < -0.3 is 9.15 Å². The van der Waals surface area contributed by atoms with Gasteiger partial charge in [0.25, 0.3) is 0 Å². The maximum Gasteiger partial charge on any atom is 0.134 e. The maximum atomic E-state index is 5.95. The van der Waals surface area contributed by atoms with Gasteiger partial charge in [-0.25, -0.2) is 10.9 Å².